The smallest absolute Gasteiger partial charge is 0.270 e. The highest BCUT2D eigenvalue weighted by Gasteiger charge is 2.41. The van der Waals surface area contributed by atoms with Gasteiger partial charge in [-0.15, -0.1) is 0 Å². The molecule has 308 valence electrons. The van der Waals surface area contributed by atoms with Gasteiger partial charge in [0, 0.05) is 56.0 Å². The second-order valence-corrected chi connectivity index (χ2v) is 16.8. The molecule has 2 aromatic carbocycles. The number of rotatable bonds is 16. The maximum absolute atomic E-state index is 13.5. The number of nitrogens with zero attached hydrogens (tertiary/aromatic N) is 3. The van der Waals surface area contributed by atoms with Gasteiger partial charge in [0.1, 0.15) is 17.1 Å². The summed E-state index contributed by atoms with van der Waals surface area (Å²) in [7, 11) is 0. The molecule has 4 aliphatic rings. The van der Waals surface area contributed by atoms with E-state index in [1.807, 2.05) is 17.0 Å². The van der Waals surface area contributed by atoms with Gasteiger partial charge >= 0.3 is 0 Å². The van der Waals surface area contributed by atoms with Crippen molar-refractivity contribution in [2.45, 2.75) is 82.4 Å². The molecule has 1 spiro atoms. The summed E-state index contributed by atoms with van der Waals surface area (Å²) in [6, 6.07) is 14.2. The molecule has 0 atom stereocenters. The summed E-state index contributed by atoms with van der Waals surface area (Å²) in [5, 5.41) is 16.3. The van der Waals surface area contributed by atoms with E-state index >= 15 is 0 Å². The van der Waals surface area contributed by atoms with Gasteiger partial charge in [0.25, 0.3) is 11.8 Å². The number of phenols is 1. The molecule has 3 aromatic rings. The van der Waals surface area contributed by atoms with Gasteiger partial charge in [0.15, 0.2) is 12.4 Å². The summed E-state index contributed by atoms with van der Waals surface area (Å²) in [5.74, 6) is 0.415. The number of anilines is 1. The van der Waals surface area contributed by atoms with E-state index in [-0.39, 0.29) is 41.7 Å². The fraction of sp³-hybridized carbons (Fsp3) is 0.558. The highest BCUT2D eigenvalue weighted by Crippen LogP contribution is 2.39. The van der Waals surface area contributed by atoms with Crippen molar-refractivity contribution < 1.29 is 33.7 Å². The zero-order valence-electron chi connectivity index (χ0n) is 32.9. The fourth-order valence-electron chi connectivity index (χ4n) is 8.70. The molecule has 4 N–H and O–H groups in total. The molecule has 2 saturated heterocycles. The molecule has 0 unspecified atom stereocenters. The lowest BCUT2D eigenvalue weighted by Gasteiger charge is -2.47. The molecule has 3 aliphatic heterocycles. The largest absolute Gasteiger partial charge is 0.506 e. The number of H-pyrrole nitrogens is 1. The monoisotopic (exact) mass is 848 g/mol. The van der Waals surface area contributed by atoms with Crippen LogP contribution in [0.5, 0.6) is 11.5 Å². The molecule has 7 rings (SSSR count). The van der Waals surface area contributed by atoms with Gasteiger partial charge in [0.2, 0.25) is 5.91 Å². The topological polar surface area (TPSA) is 149 Å². The number of benzene rings is 2. The lowest BCUT2D eigenvalue weighted by molar-refractivity contribution is -0.135. The van der Waals surface area contributed by atoms with Gasteiger partial charge in [-0.1, -0.05) is 49.6 Å². The molecular formula is C43H57BrN6O7. The quantitative estimate of drug-likeness (QED) is 0.112. The first-order valence-corrected chi connectivity index (χ1v) is 21.5. The van der Waals surface area contributed by atoms with Crippen molar-refractivity contribution in [2.75, 3.05) is 77.6 Å². The number of piperidine rings is 1. The number of nitrogens with one attached hydrogen (secondary N) is 3. The standard InChI is InChI=1S/C43H57BrN6O7/c44-34-26-36(46-27-34)42(54)49-21-24-57-43(30-49)14-18-48(19-15-43)28-32-6-4-5-31(25-32)12-22-55-23-13-39(53)50(35-7-2-1-3-8-35)20-17-45-16-11-33-9-10-37(51)40-41(33)56-29-38(52)47-40/h4-6,9-10,25-27,35,45-46,51H,1-3,7-8,11-24,28-30H2,(H,47,52). The molecule has 3 amide bonds. The van der Waals surface area contributed by atoms with Crippen LogP contribution in [0, 0.1) is 0 Å². The predicted octanol–water partition coefficient (Wildman–Crippen LogP) is 5.26. The third kappa shape index (κ3) is 11.0. The molecule has 57 heavy (non-hydrogen) atoms. The number of carbonyl (C=O) groups excluding carboxylic acids is 3. The Labute approximate surface area is 343 Å². The maximum Gasteiger partial charge on any atom is 0.270 e. The summed E-state index contributed by atoms with van der Waals surface area (Å²) in [6.07, 6.45) is 11.0. The van der Waals surface area contributed by atoms with Crippen molar-refractivity contribution in [1.82, 2.24) is 25.0 Å². The van der Waals surface area contributed by atoms with E-state index in [9.17, 15) is 19.5 Å². The number of amides is 3. The second kappa shape index (κ2) is 19.7. The minimum Gasteiger partial charge on any atom is -0.506 e. The van der Waals surface area contributed by atoms with Crippen molar-refractivity contribution in [3.05, 3.63) is 75.5 Å². The van der Waals surface area contributed by atoms with Gasteiger partial charge in [-0.2, -0.15) is 0 Å². The first-order chi connectivity index (χ1) is 27.7. The average Bonchev–Trinajstić information content (AvgIpc) is 3.67. The van der Waals surface area contributed by atoms with E-state index in [2.05, 4.69) is 65.6 Å². The van der Waals surface area contributed by atoms with Crippen LogP contribution in [0.1, 0.15) is 78.5 Å². The molecule has 1 aliphatic carbocycles. The first kappa shape index (κ1) is 41.2. The number of aromatic nitrogens is 1. The van der Waals surface area contributed by atoms with Crippen LogP contribution in [0.15, 0.2) is 53.1 Å². The Morgan fingerprint density at radius 3 is 2.65 bits per heavy atom. The van der Waals surface area contributed by atoms with Crippen molar-refractivity contribution in [1.29, 1.82) is 0 Å². The molecular weight excluding hydrogens is 792 g/mol. The van der Waals surface area contributed by atoms with Crippen molar-refractivity contribution >= 4 is 39.3 Å². The number of hydrogen-bond donors (Lipinski definition) is 4. The molecule has 3 fully saturated rings. The van der Waals surface area contributed by atoms with E-state index in [0.717, 1.165) is 74.6 Å². The van der Waals surface area contributed by atoms with E-state index in [4.69, 9.17) is 14.2 Å². The van der Waals surface area contributed by atoms with Crippen molar-refractivity contribution in [3.8, 4) is 11.5 Å². The number of aromatic hydroxyl groups is 1. The summed E-state index contributed by atoms with van der Waals surface area (Å²) < 4.78 is 18.9. The Morgan fingerprint density at radius 1 is 1.02 bits per heavy atom. The fourth-order valence-corrected chi connectivity index (χ4v) is 9.04. The molecule has 1 aromatic heterocycles. The van der Waals surface area contributed by atoms with Gasteiger partial charge in [-0.05, 0) is 89.8 Å². The molecule has 13 nitrogen and oxygen atoms in total. The summed E-state index contributed by atoms with van der Waals surface area (Å²) in [5.41, 5.74) is 4.07. The van der Waals surface area contributed by atoms with E-state index in [0.29, 0.717) is 82.5 Å². The third-order valence-electron chi connectivity index (χ3n) is 11.8. The normalized spacial score (nSPS) is 18.5. The SMILES string of the molecule is O=C1COc2c(CCNCCN(C(=O)CCOCCc3cccc(CN4CCC5(CC4)CN(C(=O)c4cc(Br)c[nH]4)CCO5)c3)C3CCCCC3)ccc(O)c2N1. The van der Waals surface area contributed by atoms with Crippen LogP contribution in [0.4, 0.5) is 5.69 Å². The minimum atomic E-state index is -0.284. The van der Waals surface area contributed by atoms with Gasteiger partial charge < -0.3 is 44.7 Å². The van der Waals surface area contributed by atoms with Gasteiger partial charge in [-0.3, -0.25) is 19.3 Å². The molecule has 14 heteroatoms. The Balaban J connectivity index is 0.811. The van der Waals surface area contributed by atoms with Crippen molar-refractivity contribution in [2.24, 2.45) is 0 Å². The van der Waals surface area contributed by atoms with Crippen LogP contribution >= 0.6 is 15.9 Å². The van der Waals surface area contributed by atoms with Crippen LogP contribution in [0.25, 0.3) is 0 Å². The van der Waals surface area contributed by atoms with Gasteiger partial charge in [-0.25, -0.2) is 0 Å². The van der Waals surface area contributed by atoms with E-state index < -0.39 is 0 Å². The predicted molar refractivity (Wildman–Crippen MR) is 221 cm³/mol. The number of hydrogen-bond acceptors (Lipinski definition) is 9. The van der Waals surface area contributed by atoms with Crippen LogP contribution in [-0.2, 0) is 38.4 Å². The molecule has 4 heterocycles. The molecule has 0 radical (unpaired) electrons. The lowest BCUT2D eigenvalue weighted by Crippen LogP contribution is -2.58. The number of aromatic amines is 1. The maximum atomic E-state index is 13.5. The zero-order valence-corrected chi connectivity index (χ0v) is 34.5. The number of ether oxygens (including phenoxy) is 3. The van der Waals surface area contributed by atoms with Crippen LogP contribution in [0.3, 0.4) is 0 Å². The molecule has 1 saturated carbocycles. The Hall–Kier alpha value is -3.95. The number of likely N-dealkylation sites (tertiary alicyclic amines) is 1. The van der Waals surface area contributed by atoms with Crippen LogP contribution < -0.4 is 15.4 Å². The minimum absolute atomic E-state index is 0.00471. The van der Waals surface area contributed by atoms with Crippen molar-refractivity contribution in [3.63, 3.8) is 0 Å². The zero-order chi connectivity index (χ0) is 39.6. The van der Waals surface area contributed by atoms with E-state index in [1.54, 1.807) is 12.3 Å². The highest BCUT2D eigenvalue weighted by molar-refractivity contribution is 9.10. The second-order valence-electron chi connectivity index (χ2n) is 15.9. The summed E-state index contributed by atoms with van der Waals surface area (Å²) >= 11 is 3.43. The number of carbonyl (C=O) groups is 3. The first-order valence-electron chi connectivity index (χ1n) is 20.7. The number of fused-ring (bicyclic) bond motifs is 1. The summed E-state index contributed by atoms with van der Waals surface area (Å²) in [6.45, 7) is 7.41. The number of halogens is 1. The van der Waals surface area contributed by atoms with Crippen LogP contribution in [0.2, 0.25) is 0 Å². The third-order valence-corrected chi connectivity index (χ3v) is 12.3. The highest BCUT2D eigenvalue weighted by atomic mass is 79.9. The number of morpholine rings is 1. The van der Waals surface area contributed by atoms with E-state index in [1.165, 1.54) is 17.5 Å². The Morgan fingerprint density at radius 2 is 1.84 bits per heavy atom. The summed E-state index contributed by atoms with van der Waals surface area (Å²) in [4.78, 5) is 47.9. The molecule has 0 bridgehead atoms. The Kier molecular flexibility index (Phi) is 14.2. The van der Waals surface area contributed by atoms with Gasteiger partial charge in [0.05, 0.1) is 38.4 Å². The van der Waals surface area contributed by atoms with Crippen LogP contribution in [-0.4, -0.2) is 126 Å². The number of phenolic OH excluding ortho intramolecular Hbond substituents is 1. The average molecular weight is 850 g/mol. The Bertz CT molecular complexity index is 1840. The lowest BCUT2D eigenvalue weighted by atomic mass is 9.89.